The van der Waals surface area contributed by atoms with Crippen molar-refractivity contribution in [1.29, 1.82) is 0 Å². The van der Waals surface area contributed by atoms with Gasteiger partial charge in [0.15, 0.2) is 0 Å². The number of rotatable bonds is 2. The zero-order chi connectivity index (χ0) is 18.4. The molecule has 2 aromatic carbocycles. The molecular formula is C21H18Cl2N2O. The highest BCUT2D eigenvalue weighted by atomic mass is 35.5. The predicted octanol–water partition coefficient (Wildman–Crippen LogP) is 5.90. The topological polar surface area (TPSA) is 42.0 Å². The highest BCUT2D eigenvalue weighted by Crippen LogP contribution is 2.33. The molecule has 1 heterocycles. The maximum Gasteiger partial charge on any atom is 0.256 e. The van der Waals surface area contributed by atoms with Crippen LogP contribution in [0.15, 0.2) is 30.3 Å². The molecule has 0 saturated heterocycles. The molecule has 1 aliphatic carbocycles. The van der Waals surface area contributed by atoms with Crippen LogP contribution >= 0.6 is 23.2 Å². The molecule has 26 heavy (non-hydrogen) atoms. The van der Waals surface area contributed by atoms with Gasteiger partial charge in [0.1, 0.15) is 0 Å². The van der Waals surface area contributed by atoms with Crippen molar-refractivity contribution < 1.29 is 4.79 Å². The highest BCUT2D eigenvalue weighted by Gasteiger charge is 2.24. The van der Waals surface area contributed by atoms with Crippen molar-refractivity contribution in [2.45, 2.75) is 33.1 Å². The molecule has 0 atom stereocenters. The molecule has 0 saturated carbocycles. The molecule has 0 unspecified atom stereocenters. The van der Waals surface area contributed by atoms with Gasteiger partial charge in [-0.1, -0.05) is 29.3 Å². The van der Waals surface area contributed by atoms with Gasteiger partial charge in [-0.3, -0.25) is 9.78 Å². The van der Waals surface area contributed by atoms with E-state index in [-0.39, 0.29) is 5.91 Å². The number of pyridine rings is 1. The lowest BCUT2D eigenvalue weighted by molar-refractivity contribution is 0.102. The number of amides is 1. The second-order valence-electron chi connectivity index (χ2n) is 6.82. The number of benzene rings is 2. The largest absolute Gasteiger partial charge is 0.320 e. The Hall–Kier alpha value is -2.10. The zero-order valence-corrected chi connectivity index (χ0v) is 16.1. The first-order valence-electron chi connectivity index (χ1n) is 8.63. The third-order valence-electron chi connectivity index (χ3n) is 4.87. The average molecular weight is 385 g/mol. The van der Waals surface area contributed by atoms with Gasteiger partial charge in [0, 0.05) is 16.1 Å². The van der Waals surface area contributed by atoms with E-state index in [0.29, 0.717) is 21.3 Å². The minimum atomic E-state index is -0.160. The quantitative estimate of drug-likeness (QED) is 0.597. The van der Waals surface area contributed by atoms with Crippen LogP contribution in [0.1, 0.15) is 39.2 Å². The minimum absolute atomic E-state index is 0.160. The van der Waals surface area contributed by atoms with Crippen LogP contribution in [-0.2, 0) is 12.8 Å². The van der Waals surface area contributed by atoms with E-state index in [1.54, 1.807) is 6.07 Å². The molecule has 0 fully saturated rings. The lowest BCUT2D eigenvalue weighted by Gasteiger charge is -2.15. The van der Waals surface area contributed by atoms with E-state index in [1.807, 2.05) is 38.1 Å². The summed E-state index contributed by atoms with van der Waals surface area (Å²) in [4.78, 5) is 18.0. The van der Waals surface area contributed by atoms with E-state index in [9.17, 15) is 4.79 Å². The van der Waals surface area contributed by atoms with Gasteiger partial charge in [-0.15, -0.1) is 0 Å². The molecular weight excluding hydrogens is 367 g/mol. The lowest BCUT2D eigenvalue weighted by Crippen LogP contribution is -2.17. The molecule has 0 bridgehead atoms. The third kappa shape index (κ3) is 2.95. The molecule has 1 amide bonds. The van der Waals surface area contributed by atoms with E-state index in [4.69, 9.17) is 28.2 Å². The van der Waals surface area contributed by atoms with Gasteiger partial charge < -0.3 is 5.32 Å². The predicted molar refractivity (Wildman–Crippen MR) is 108 cm³/mol. The minimum Gasteiger partial charge on any atom is -0.320 e. The molecule has 0 radical (unpaired) electrons. The fourth-order valence-corrected chi connectivity index (χ4v) is 4.28. The molecule has 1 aliphatic rings. The summed E-state index contributed by atoms with van der Waals surface area (Å²) in [5, 5.41) is 4.95. The lowest BCUT2D eigenvalue weighted by atomic mass is 10.00. The van der Waals surface area contributed by atoms with Crippen LogP contribution in [0.4, 0.5) is 5.69 Å². The molecule has 1 aromatic heterocycles. The van der Waals surface area contributed by atoms with Gasteiger partial charge in [-0.2, -0.15) is 0 Å². The number of aryl methyl sites for hydroxylation is 3. The maximum absolute atomic E-state index is 13.2. The van der Waals surface area contributed by atoms with Crippen molar-refractivity contribution in [2.75, 3.05) is 5.32 Å². The smallest absolute Gasteiger partial charge is 0.256 e. The summed E-state index contributed by atoms with van der Waals surface area (Å²) in [5.41, 5.74) is 6.16. The van der Waals surface area contributed by atoms with E-state index >= 15 is 0 Å². The number of fused-ring (bicyclic) bond motifs is 2. The molecule has 3 aromatic rings. The number of carbonyl (C=O) groups is 1. The van der Waals surface area contributed by atoms with Gasteiger partial charge in [0.25, 0.3) is 5.91 Å². The molecule has 5 heteroatoms. The van der Waals surface area contributed by atoms with Crippen molar-refractivity contribution in [2.24, 2.45) is 0 Å². The average Bonchev–Trinajstić information content (AvgIpc) is 3.03. The van der Waals surface area contributed by atoms with Gasteiger partial charge in [0.2, 0.25) is 0 Å². The van der Waals surface area contributed by atoms with Crippen LogP contribution in [0.25, 0.3) is 10.9 Å². The van der Waals surface area contributed by atoms with Crippen molar-refractivity contribution >= 4 is 45.7 Å². The summed E-state index contributed by atoms with van der Waals surface area (Å²) < 4.78 is 0. The second kappa shape index (κ2) is 6.57. The van der Waals surface area contributed by atoms with Gasteiger partial charge in [-0.05, 0) is 74.1 Å². The van der Waals surface area contributed by atoms with Crippen LogP contribution < -0.4 is 5.32 Å². The number of aromatic nitrogens is 1. The van der Waals surface area contributed by atoms with Crippen LogP contribution in [-0.4, -0.2) is 10.9 Å². The normalized spacial score (nSPS) is 13.1. The van der Waals surface area contributed by atoms with E-state index in [1.165, 1.54) is 0 Å². The number of nitrogens with one attached hydrogen (secondary N) is 1. The van der Waals surface area contributed by atoms with Crippen molar-refractivity contribution in [3.63, 3.8) is 0 Å². The van der Waals surface area contributed by atoms with Gasteiger partial charge >= 0.3 is 0 Å². The number of hydrogen-bond acceptors (Lipinski definition) is 2. The summed E-state index contributed by atoms with van der Waals surface area (Å²) in [5.74, 6) is -0.160. The Morgan fingerprint density at radius 2 is 1.92 bits per heavy atom. The summed E-state index contributed by atoms with van der Waals surface area (Å²) in [6.07, 6.45) is 2.77. The number of halogens is 2. The first kappa shape index (κ1) is 17.3. The maximum atomic E-state index is 13.2. The highest BCUT2D eigenvalue weighted by molar-refractivity contribution is 6.34. The van der Waals surface area contributed by atoms with E-state index < -0.39 is 0 Å². The summed E-state index contributed by atoms with van der Waals surface area (Å²) >= 11 is 12.6. The van der Waals surface area contributed by atoms with Crippen molar-refractivity contribution in [3.8, 4) is 0 Å². The fraction of sp³-hybridized carbons (Fsp3) is 0.238. The van der Waals surface area contributed by atoms with Crippen LogP contribution in [0.5, 0.6) is 0 Å². The van der Waals surface area contributed by atoms with Gasteiger partial charge in [0.05, 0.1) is 21.8 Å². The second-order valence-corrected chi connectivity index (χ2v) is 7.66. The monoisotopic (exact) mass is 384 g/mol. The van der Waals surface area contributed by atoms with E-state index in [2.05, 4.69) is 5.32 Å². The van der Waals surface area contributed by atoms with Gasteiger partial charge in [-0.25, -0.2) is 0 Å². The summed E-state index contributed by atoms with van der Waals surface area (Å²) in [7, 11) is 0. The zero-order valence-electron chi connectivity index (χ0n) is 14.6. The summed E-state index contributed by atoms with van der Waals surface area (Å²) in [6, 6.07) is 9.36. The van der Waals surface area contributed by atoms with E-state index in [0.717, 1.165) is 52.5 Å². The number of nitrogens with zero attached hydrogens (tertiary/aromatic N) is 1. The molecule has 3 nitrogen and oxygen atoms in total. The SMILES string of the molecule is Cc1cc(C)c(NC(=O)c2c3c(nc4ccc(Cl)cc24)CCC3)c(Cl)c1. The molecule has 132 valence electrons. The third-order valence-corrected chi connectivity index (χ3v) is 5.40. The van der Waals surface area contributed by atoms with Crippen molar-refractivity contribution in [3.05, 3.63) is 68.3 Å². The number of carbonyl (C=O) groups excluding carboxylic acids is 1. The molecule has 4 rings (SSSR count). The van der Waals surface area contributed by atoms with Crippen molar-refractivity contribution in [1.82, 2.24) is 4.98 Å². The van der Waals surface area contributed by atoms with Crippen LogP contribution in [0.3, 0.4) is 0 Å². The Bertz CT molecular complexity index is 1040. The molecule has 0 spiro atoms. The Morgan fingerprint density at radius 3 is 2.69 bits per heavy atom. The molecule has 0 aliphatic heterocycles. The Labute approximate surface area is 162 Å². The van der Waals surface area contributed by atoms with Crippen LogP contribution in [0, 0.1) is 13.8 Å². The Morgan fingerprint density at radius 1 is 1.12 bits per heavy atom. The fourth-order valence-electron chi connectivity index (χ4n) is 3.74. The Kier molecular flexibility index (Phi) is 4.37. The number of hydrogen-bond donors (Lipinski definition) is 1. The molecule has 1 N–H and O–H groups in total. The number of anilines is 1. The van der Waals surface area contributed by atoms with Crippen LogP contribution in [0.2, 0.25) is 10.0 Å². The first-order chi connectivity index (χ1) is 12.4. The summed E-state index contributed by atoms with van der Waals surface area (Å²) in [6.45, 7) is 3.93. The first-order valence-corrected chi connectivity index (χ1v) is 9.39. The Balaban J connectivity index is 1.86. The standard InChI is InChI=1S/C21H18Cl2N2O/c1-11-8-12(2)20(16(23)9-11)25-21(26)19-14-4-3-5-17(14)24-18-7-6-13(22)10-15(18)19/h6-10H,3-5H2,1-2H3,(H,25,26).